The summed E-state index contributed by atoms with van der Waals surface area (Å²) in [6, 6.07) is 9.52. The quantitative estimate of drug-likeness (QED) is 0.577. The molecular weight excluding hydrogens is 202 g/mol. The summed E-state index contributed by atoms with van der Waals surface area (Å²) in [5.41, 5.74) is 3.74. The minimum Gasteiger partial charge on any atom is -1.00 e. The molecule has 14 heavy (non-hydrogen) atoms. The third kappa shape index (κ3) is 3.36. The highest BCUT2D eigenvalue weighted by Gasteiger charge is 2.32. The molecule has 0 heterocycles. The number of hydrogen-bond acceptors (Lipinski definition) is 1. The highest BCUT2D eigenvalue weighted by Crippen LogP contribution is 2.08. The van der Waals surface area contributed by atoms with E-state index in [4.69, 9.17) is 5.11 Å². The fraction of sp³-hybridized carbons (Fsp3) is 0.300. The zero-order valence-electron chi connectivity index (χ0n) is 8.03. The van der Waals surface area contributed by atoms with Crippen molar-refractivity contribution in [3.8, 4) is 0 Å². The summed E-state index contributed by atoms with van der Waals surface area (Å²) in [6.45, 7) is 1.63. The highest BCUT2D eigenvalue weighted by atomic mass is 35.5. The smallest absolute Gasteiger partial charge is 0.365 e. The first-order valence-corrected chi connectivity index (χ1v) is 4.15. The van der Waals surface area contributed by atoms with Gasteiger partial charge in [0.05, 0.1) is 0 Å². The molecule has 0 saturated heterocycles. The Kier molecular flexibility index (Phi) is 4.60. The largest absolute Gasteiger partial charge is 1.00 e. The van der Waals surface area contributed by atoms with Gasteiger partial charge in [0.1, 0.15) is 0 Å². The fourth-order valence-corrected chi connectivity index (χ4v) is 1.12. The van der Waals surface area contributed by atoms with Crippen molar-refractivity contribution >= 4 is 5.97 Å². The second-order valence-corrected chi connectivity index (χ2v) is 3.53. The summed E-state index contributed by atoms with van der Waals surface area (Å²) in [7, 11) is 0. The minimum atomic E-state index is -0.929. The Labute approximate surface area is 89.3 Å². The molecule has 3 nitrogen and oxygen atoms in total. The predicted molar refractivity (Wildman–Crippen MR) is 49.1 cm³/mol. The number of halogens is 1. The van der Waals surface area contributed by atoms with Gasteiger partial charge >= 0.3 is 5.97 Å². The standard InChI is InChI=1S/C10H13NO2.ClH/c1-10(11,9(12)13)7-8-5-3-2-4-6-8;/h2-6H,7,11H2,1H3,(H,12,13);1H/t10-;/m1./s1. The SMILES string of the molecule is C[C@@]([NH3+])(Cc1ccccc1)C(=O)O.[Cl-]. The van der Waals surface area contributed by atoms with Crippen molar-refractivity contribution in [2.45, 2.75) is 18.9 Å². The zero-order chi connectivity index (χ0) is 9.90. The fourth-order valence-electron chi connectivity index (χ4n) is 1.12. The van der Waals surface area contributed by atoms with Crippen molar-refractivity contribution in [2.75, 3.05) is 0 Å². The van der Waals surface area contributed by atoms with E-state index in [2.05, 4.69) is 5.73 Å². The molecule has 0 unspecified atom stereocenters. The van der Waals surface area contributed by atoms with Crippen LogP contribution in [-0.4, -0.2) is 16.6 Å². The van der Waals surface area contributed by atoms with Gasteiger partial charge in [-0.15, -0.1) is 0 Å². The molecular formula is C10H14ClNO2. The van der Waals surface area contributed by atoms with E-state index < -0.39 is 11.5 Å². The van der Waals surface area contributed by atoms with Gasteiger partial charge in [0.15, 0.2) is 5.54 Å². The Hall–Kier alpha value is -1.06. The lowest BCUT2D eigenvalue weighted by molar-refractivity contribution is -0.455. The van der Waals surface area contributed by atoms with Crippen LogP contribution in [0.5, 0.6) is 0 Å². The third-order valence-corrected chi connectivity index (χ3v) is 1.95. The van der Waals surface area contributed by atoms with Crippen LogP contribution in [0, 0.1) is 0 Å². The van der Waals surface area contributed by atoms with Gasteiger partial charge in [0.2, 0.25) is 0 Å². The maximum absolute atomic E-state index is 10.8. The van der Waals surface area contributed by atoms with Crippen molar-refractivity contribution in [3.63, 3.8) is 0 Å². The molecule has 0 amide bonds. The van der Waals surface area contributed by atoms with Crippen molar-refractivity contribution in [1.82, 2.24) is 0 Å². The van der Waals surface area contributed by atoms with Crippen LogP contribution < -0.4 is 18.1 Å². The minimum absolute atomic E-state index is 0. The molecule has 4 N–H and O–H groups in total. The number of rotatable bonds is 3. The molecule has 78 valence electrons. The van der Waals surface area contributed by atoms with Gasteiger partial charge in [-0.2, -0.15) is 0 Å². The molecule has 0 aromatic heterocycles. The van der Waals surface area contributed by atoms with Gasteiger partial charge in [-0.1, -0.05) is 30.3 Å². The number of carbonyl (C=O) groups is 1. The molecule has 4 heteroatoms. The molecule has 1 aromatic rings. The number of benzene rings is 1. The van der Waals surface area contributed by atoms with Crippen LogP contribution in [0.2, 0.25) is 0 Å². The van der Waals surface area contributed by atoms with E-state index in [0.717, 1.165) is 5.56 Å². The van der Waals surface area contributed by atoms with Gasteiger partial charge < -0.3 is 23.2 Å². The Bertz CT molecular complexity index is 298. The Morgan fingerprint density at radius 3 is 2.36 bits per heavy atom. The molecule has 0 bridgehead atoms. The van der Waals surface area contributed by atoms with Gasteiger partial charge in [0.25, 0.3) is 0 Å². The summed E-state index contributed by atoms with van der Waals surface area (Å²) in [6.07, 6.45) is 0.461. The van der Waals surface area contributed by atoms with E-state index in [9.17, 15) is 4.79 Å². The second-order valence-electron chi connectivity index (χ2n) is 3.53. The summed E-state index contributed by atoms with van der Waals surface area (Å²) in [5.74, 6) is -0.864. The van der Waals surface area contributed by atoms with Crippen LogP contribution in [0.1, 0.15) is 12.5 Å². The van der Waals surface area contributed by atoms with Crippen molar-refractivity contribution in [1.29, 1.82) is 0 Å². The van der Waals surface area contributed by atoms with Crippen molar-refractivity contribution < 1.29 is 28.0 Å². The van der Waals surface area contributed by atoms with Gasteiger partial charge in [-0.25, -0.2) is 4.79 Å². The lowest BCUT2D eigenvalue weighted by Gasteiger charge is -2.14. The molecule has 0 aliphatic carbocycles. The Morgan fingerprint density at radius 2 is 1.93 bits per heavy atom. The molecule has 0 aliphatic heterocycles. The predicted octanol–water partition coefficient (Wildman–Crippen LogP) is -2.68. The molecule has 0 spiro atoms. The first kappa shape index (κ1) is 12.9. The van der Waals surface area contributed by atoms with Crippen LogP contribution >= 0.6 is 0 Å². The van der Waals surface area contributed by atoms with E-state index in [1.165, 1.54) is 0 Å². The van der Waals surface area contributed by atoms with E-state index in [1.807, 2.05) is 30.3 Å². The summed E-state index contributed by atoms with van der Waals surface area (Å²) < 4.78 is 0. The number of carboxylic acid groups (broad SMARTS) is 1. The number of quaternary nitrogens is 1. The molecule has 1 aromatic carbocycles. The summed E-state index contributed by atoms with van der Waals surface area (Å²) >= 11 is 0. The molecule has 1 atom stereocenters. The molecule has 0 radical (unpaired) electrons. The van der Waals surface area contributed by atoms with E-state index in [1.54, 1.807) is 6.92 Å². The Morgan fingerprint density at radius 1 is 1.43 bits per heavy atom. The maximum Gasteiger partial charge on any atom is 0.365 e. The summed E-state index contributed by atoms with van der Waals surface area (Å²) in [4.78, 5) is 10.8. The second kappa shape index (κ2) is 4.98. The van der Waals surface area contributed by atoms with Crippen LogP contribution in [-0.2, 0) is 11.2 Å². The molecule has 0 aliphatic rings. The van der Waals surface area contributed by atoms with Crippen molar-refractivity contribution in [3.05, 3.63) is 35.9 Å². The van der Waals surface area contributed by atoms with Crippen LogP contribution in [0.4, 0.5) is 0 Å². The normalized spacial score (nSPS) is 13.9. The average molecular weight is 216 g/mol. The van der Waals surface area contributed by atoms with Gasteiger partial charge in [-0.05, 0) is 5.56 Å². The van der Waals surface area contributed by atoms with E-state index in [0.29, 0.717) is 6.42 Å². The number of aliphatic carboxylic acids is 1. The van der Waals surface area contributed by atoms with Gasteiger partial charge in [-0.3, -0.25) is 0 Å². The molecule has 0 saturated carbocycles. The molecule has 0 fully saturated rings. The number of hydrogen-bond donors (Lipinski definition) is 2. The highest BCUT2D eigenvalue weighted by molar-refractivity contribution is 5.76. The van der Waals surface area contributed by atoms with E-state index in [-0.39, 0.29) is 12.4 Å². The van der Waals surface area contributed by atoms with Crippen LogP contribution in [0.25, 0.3) is 0 Å². The molecule has 1 rings (SSSR count). The van der Waals surface area contributed by atoms with Gasteiger partial charge in [0, 0.05) is 13.3 Å². The zero-order valence-corrected chi connectivity index (χ0v) is 8.79. The van der Waals surface area contributed by atoms with E-state index >= 15 is 0 Å². The lowest BCUT2D eigenvalue weighted by Crippen LogP contribution is -3.00. The summed E-state index contributed by atoms with van der Waals surface area (Å²) in [5, 5.41) is 8.84. The van der Waals surface area contributed by atoms with Crippen LogP contribution in [0.3, 0.4) is 0 Å². The van der Waals surface area contributed by atoms with Crippen molar-refractivity contribution in [2.24, 2.45) is 0 Å². The maximum atomic E-state index is 10.8. The van der Waals surface area contributed by atoms with Crippen LogP contribution in [0.15, 0.2) is 30.3 Å². The topological polar surface area (TPSA) is 64.9 Å². The average Bonchev–Trinajstić information content (AvgIpc) is 2.05. The number of carboxylic acids is 1. The first-order chi connectivity index (χ1) is 6.02. The third-order valence-electron chi connectivity index (χ3n) is 1.95. The monoisotopic (exact) mass is 215 g/mol. The Balaban J connectivity index is 0.00000169. The first-order valence-electron chi connectivity index (χ1n) is 4.15. The lowest BCUT2D eigenvalue weighted by atomic mass is 9.94.